The van der Waals surface area contributed by atoms with Crippen LogP contribution in [0.4, 0.5) is 0 Å². The van der Waals surface area contributed by atoms with Crippen molar-refractivity contribution in [3.8, 4) is 11.5 Å². The summed E-state index contributed by atoms with van der Waals surface area (Å²) in [5, 5.41) is 5.20. The minimum Gasteiger partial charge on any atom is -0.492 e. The van der Waals surface area contributed by atoms with Crippen molar-refractivity contribution < 1.29 is 9.47 Å². The van der Waals surface area contributed by atoms with Gasteiger partial charge in [-0.3, -0.25) is 0 Å². The highest BCUT2D eigenvalue weighted by molar-refractivity contribution is 6.40. The van der Waals surface area contributed by atoms with Gasteiger partial charge in [-0.15, -0.1) is 0 Å². The van der Waals surface area contributed by atoms with Crippen LogP contribution in [0.15, 0.2) is 36.4 Å². The van der Waals surface area contributed by atoms with Gasteiger partial charge in [0.1, 0.15) is 11.5 Å². The molecule has 0 aliphatic heterocycles. The molecular formula is C38H56Cl2O2. The van der Waals surface area contributed by atoms with E-state index >= 15 is 0 Å². The van der Waals surface area contributed by atoms with Crippen molar-refractivity contribution in [3.05, 3.63) is 46.4 Å². The van der Waals surface area contributed by atoms with Gasteiger partial charge in [-0.25, -0.2) is 0 Å². The molecule has 4 heteroatoms. The minimum absolute atomic E-state index is 0.678. The first kappa shape index (κ1) is 34.8. The van der Waals surface area contributed by atoms with Crippen molar-refractivity contribution in [1.82, 2.24) is 0 Å². The summed E-state index contributed by atoms with van der Waals surface area (Å²) in [7, 11) is 0. The maximum Gasteiger partial charge on any atom is 0.136 e. The van der Waals surface area contributed by atoms with Gasteiger partial charge in [0.25, 0.3) is 0 Å². The predicted octanol–water partition coefficient (Wildman–Crippen LogP) is 13.9. The lowest BCUT2D eigenvalue weighted by molar-refractivity contribution is 0.306. The number of benzene rings is 3. The molecule has 0 aliphatic carbocycles. The SMILES string of the molecule is CCCCCCCCCCCCOc1c2cccc(Cl)c2c(OCCCCCCCCCCCC)c2cccc(Cl)c12. The molecule has 0 N–H and O–H groups in total. The summed E-state index contributed by atoms with van der Waals surface area (Å²) in [6, 6.07) is 12.1. The van der Waals surface area contributed by atoms with Crippen LogP contribution in [0.25, 0.3) is 21.5 Å². The second-order valence-electron chi connectivity index (χ2n) is 12.0. The van der Waals surface area contributed by atoms with Gasteiger partial charge in [-0.1, -0.05) is 177 Å². The van der Waals surface area contributed by atoms with Crippen LogP contribution in [-0.2, 0) is 0 Å². The third-order valence-electron chi connectivity index (χ3n) is 8.46. The Morgan fingerprint density at radius 3 is 1.07 bits per heavy atom. The quantitative estimate of drug-likeness (QED) is 0.0737. The van der Waals surface area contributed by atoms with Crippen molar-refractivity contribution in [3.63, 3.8) is 0 Å². The van der Waals surface area contributed by atoms with E-state index in [-0.39, 0.29) is 0 Å². The third-order valence-corrected chi connectivity index (χ3v) is 9.09. The average Bonchev–Trinajstić information content (AvgIpc) is 2.99. The van der Waals surface area contributed by atoms with Gasteiger partial charge in [-0.2, -0.15) is 0 Å². The molecule has 0 aromatic heterocycles. The monoisotopic (exact) mass is 614 g/mol. The summed E-state index contributed by atoms with van der Waals surface area (Å²) in [6.45, 7) is 5.91. The van der Waals surface area contributed by atoms with Crippen LogP contribution in [0.1, 0.15) is 142 Å². The highest BCUT2D eigenvalue weighted by Gasteiger charge is 2.20. The fourth-order valence-corrected chi connectivity index (χ4v) is 6.51. The summed E-state index contributed by atoms with van der Waals surface area (Å²) < 4.78 is 13.0. The summed E-state index contributed by atoms with van der Waals surface area (Å²) in [4.78, 5) is 0. The van der Waals surface area contributed by atoms with E-state index in [2.05, 4.69) is 26.0 Å². The van der Waals surface area contributed by atoms with Crippen molar-refractivity contribution in [2.24, 2.45) is 0 Å². The van der Waals surface area contributed by atoms with Crippen molar-refractivity contribution in [2.45, 2.75) is 142 Å². The van der Waals surface area contributed by atoms with Crippen LogP contribution in [0, 0.1) is 0 Å². The van der Waals surface area contributed by atoms with E-state index in [4.69, 9.17) is 32.7 Å². The summed E-state index contributed by atoms with van der Waals surface area (Å²) in [5.74, 6) is 1.66. The molecule has 0 spiro atoms. The Hall–Kier alpha value is -1.64. The third kappa shape index (κ3) is 11.5. The Morgan fingerprint density at radius 2 is 0.738 bits per heavy atom. The summed E-state index contributed by atoms with van der Waals surface area (Å²) in [5.41, 5.74) is 0. The van der Waals surface area contributed by atoms with Gasteiger partial charge in [0.2, 0.25) is 0 Å². The van der Waals surface area contributed by atoms with E-state index in [9.17, 15) is 0 Å². The molecule has 0 bridgehead atoms. The van der Waals surface area contributed by atoms with E-state index in [1.807, 2.05) is 24.3 Å². The second kappa shape index (κ2) is 21.1. The fourth-order valence-electron chi connectivity index (χ4n) is 5.98. The van der Waals surface area contributed by atoms with Gasteiger partial charge < -0.3 is 9.47 Å². The van der Waals surface area contributed by atoms with E-state index in [0.717, 1.165) is 45.9 Å². The highest BCUT2D eigenvalue weighted by atomic mass is 35.5. The number of fused-ring (bicyclic) bond motifs is 2. The summed E-state index contributed by atoms with van der Waals surface area (Å²) in [6.07, 6.45) is 26.1. The van der Waals surface area contributed by atoms with E-state index in [1.165, 1.54) is 116 Å². The molecule has 3 aromatic carbocycles. The van der Waals surface area contributed by atoms with E-state index < -0.39 is 0 Å². The number of ether oxygens (including phenoxy) is 2. The van der Waals surface area contributed by atoms with Crippen LogP contribution >= 0.6 is 23.2 Å². The first-order valence-electron chi connectivity index (χ1n) is 17.3. The molecule has 0 unspecified atom stereocenters. The number of unbranched alkanes of at least 4 members (excludes halogenated alkanes) is 18. The standard InChI is InChI=1S/C38H56Cl2O2/c1-3-5-7-9-11-13-15-17-19-21-29-41-37-31-25-23-28-34(40)36(31)38(32-26-24-27-33(39)35(32)37)42-30-22-20-18-16-14-12-10-8-6-4-2/h23-28H,3-22,29-30H2,1-2H3. The maximum atomic E-state index is 6.82. The Balaban J connectivity index is 1.57. The lowest BCUT2D eigenvalue weighted by Gasteiger charge is -2.19. The first-order valence-corrected chi connectivity index (χ1v) is 18.0. The van der Waals surface area contributed by atoms with E-state index in [0.29, 0.717) is 23.3 Å². The first-order chi connectivity index (χ1) is 20.7. The van der Waals surface area contributed by atoms with Gasteiger partial charge in [0.15, 0.2) is 0 Å². The highest BCUT2D eigenvalue weighted by Crippen LogP contribution is 2.47. The molecule has 0 atom stereocenters. The lowest BCUT2D eigenvalue weighted by atomic mass is 10.00. The molecule has 0 amide bonds. The zero-order valence-corrected chi connectivity index (χ0v) is 28.1. The normalized spacial score (nSPS) is 11.5. The van der Waals surface area contributed by atoms with E-state index in [1.54, 1.807) is 0 Å². The number of hydrogen-bond acceptors (Lipinski definition) is 2. The van der Waals surface area contributed by atoms with Crippen molar-refractivity contribution in [2.75, 3.05) is 13.2 Å². The molecule has 0 saturated carbocycles. The topological polar surface area (TPSA) is 18.5 Å². The summed E-state index contributed by atoms with van der Waals surface area (Å²) >= 11 is 13.6. The predicted molar refractivity (Wildman–Crippen MR) is 186 cm³/mol. The molecule has 0 aliphatic rings. The van der Waals surface area contributed by atoms with Gasteiger partial charge in [0.05, 0.1) is 23.3 Å². The molecule has 0 saturated heterocycles. The molecule has 2 nitrogen and oxygen atoms in total. The molecule has 3 rings (SSSR count). The molecule has 0 radical (unpaired) electrons. The molecule has 0 heterocycles. The number of hydrogen-bond donors (Lipinski definition) is 0. The maximum absolute atomic E-state index is 6.82. The average molecular weight is 616 g/mol. The van der Waals surface area contributed by atoms with Gasteiger partial charge >= 0.3 is 0 Å². The smallest absolute Gasteiger partial charge is 0.136 e. The van der Waals surface area contributed by atoms with Crippen LogP contribution < -0.4 is 9.47 Å². The van der Waals surface area contributed by atoms with Crippen molar-refractivity contribution >= 4 is 44.7 Å². The lowest BCUT2D eigenvalue weighted by Crippen LogP contribution is -2.03. The van der Waals surface area contributed by atoms with Crippen LogP contribution in [0.2, 0.25) is 10.0 Å². The zero-order valence-electron chi connectivity index (χ0n) is 26.6. The van der Waals surface area contributed by atoms with Crippen LogP contribution in [-0.4, -0.2) is 13.2 Å². The Kier molecular flexibility index (Phi) is 17.5. The Labute approximate surface area is 266 Å². The zero-order chi connectivity index (χ0) is 29.8. The number of halogens is 2. The fraction of sp³-hybridized carbons (Fsp3) is 0.632. The molecule has 234 valence electrons. The Bertz CT molecular complexity index is 1070. The largest absolute Gasteiger partial charge is 0.492 e. The molecule has 42 heavy (non-hydrogen) atoms. The number of rotatable bonds is 24. The van der Waals surface area contributed by atoms with Crippen LogP contribution in [0.3, 0.4) is 0 Å². The van der Waals surface area contributed by atoms with Crippen LogP contribution in [0.5, 0.6) is 11.5 Å². The van der Waals surface area contributed by atoms with Gasteiger partial charge in [0, 0.05) is 21.5 Å². The molecular weight excluding hydrogens is 559 g/mol. The Morgan fingerprint density at radius 1 is 0.429 bits per heavy atom. The van der Waals surface area contributed by atoms with Crippen molar-refractivity contribution in [1.29, 1.82) is 0 Å². The second-order valence-corrected chi connectivity index (χ2v) is 12.9. The van der Waals surface area contributed by atoms with Gasteiger partial charge in [-0.05, 0) is 25.0 Å². The molecule has 0 fully saturated rings. The minimum atomic E-state index is 0.678. The molecule has 3 aromatic rings.